The van der Waals surface area contributed by atoms with E-state index in [0.717, 1.165) is 30.5 Å². The minimum absolute atomic E-state index is 0.0400. The van der Waals surface area contributed by atoms with Gasteiger partial charge in [-0.2, -0.15) is 4.57 Å². The van der Waals surface area contributed by atoms with Gasteiger partial charge in [-0.15, -0.1) is 23.1 Å². The molecule has 0 N–H and O–H groups in total. The van der Waals surface area contributed by atoms with Crippen molar-refractivity contribution in [1.82, 2.24) is 4.57 Å². The lowest BCUT2D eigenvalue weighted by molar-refractivity contribution is -0.685. The van der Waals surface area contributed by atoms with Crippen LogP contribution in [0.5, 0.6) is 0 Å². The van der Waals surface area contributed by atoms with Crippen LogP contribution in [0.25, 0.3) is 11.1 Å². The highest BCUT2D eigenvalue weighted by molar-refractivity contribution is 8.08. The summed E-state index contributed by atoms with van der Waals surface area (Å²) in [5.41, 5.74) is 2.00. The molecule has 4 rings (SSSR count). The van der Waals surface area contributed by atoms with E-state index in [1.807, 2.05) is 50.9 Å². The van der Waals surface area contributed by atoms with Crippen molar-refractivity contribution in [3.8, 4) is 0 Å². The third-order valence-electron chi connectivity index (χ3n) is 5.72. The minimum Gasteiger partial charge on any atom is -0.337 e. The number of thiazole rings is 2. The average molecular weight is 626 g/mol. The van der Waals surface area contributed by atoms with E-state index in [1.165, 1.54) is 21.1 Å². The van der Waals surface area contributed by atoms with E-state index in [2.05, 4.69) is 46.6 Å². The van der Waals surface area contributed by atoms with Crippen LogP contribution in [0.3, 0.4) is 0 Å². The van der Waals surface area contributed by atoms with Crippen LogP contribution in [0.1, 0.15) is 32.7 Å². The Bertz CT molecular complexity index is 1560. The van der Waals surface area contributed by atoms with Gasteiger partial charge in [0.25, 0.3) is 10.6 Å². The zero-order valence-corrected chi connectivity index (χ0v) is 27.2. The van der Waals surface area contributed by atoms with Crippen LogP contribution in [-0.4, -0.2) is 17.9 Å². The summed E-state index contributed by atoms with van der Waals surface area (Å²) >= 11 is 19.4. The van der Waals surface area contributed by atoms with Gasteiger partial charge in [-0.25, -0.2) is 0 Å². The molecule has 0 atom stereocenters. The van der Waals surface area contributed by atoms with Crippen molar-refractivity contribution >= 4 is 86.2 Å². The molecule has 0 radical (unpaired) electrons. The van der Waals surface area contributed by atoms with Crippen molar-refractivity contribution in [3.63, 3.8) is 0 Å². The van der Waals surface area contributed by atoms with E-state index in [-0.39, 0.29) is 5.56 Å². The van der Waals surface area contributed by atoms with Crippen molar-refractivity contribution in [1.29, 1.82) is 0 Å². The fraction of sp³-hybridized carbons (Fsp3) is 0.286. The fourth-order valence-corrected chi connectivity index (χ4v) is 8.19. The summed E-state index contributed by atoms with van der Waals surface area (Å²) in [6, 6.07) is 6.45. The summed E-state index contributed by atoms with van der Waals surface area (Å²) in [6.45, 7) is 12.7. The Morgan fingerprint density at radius 3 is 2.63 bits per heavy atom. The second-order valence-electron chi connectivity index (χ2n) is 7.89. The molecule has 1 aliphatic rings. The molecule has 3 aromatic rings. The lowest BCUT2D eigenvalue weighted by atomic mass is 10.2. The summed E-state index contributed by atoms with van der Waals surface area (Å²) < 4.78 is 5.61. The quantitative estimate of drug-likeness (QED) is 0.161. The lowest BCUT2D eigenvalue weighted by Crippen LogP contribution is -2.36. The van der Waals surface area contributed by atoms with Crippen LogP contribution in [0.2, 0.25) is 0 Å². The molecular formula is C28H32Cl2N3OS4+. The first kappa shape index (κ1) is 30.9. The predicted molar refractivity (Wildman–Crippen MR) is 172 cm³/mol. The number of aromatic nitrogens is 2. The van der Waals surface area contributed by atoms with Crippen LogP contribution in [-0.2, 0) is 13.1 Å². The first-order valence-electron chi connectivity index (χ1n) is 12.1. The second-order valence-corrected chi connectivity index (χ2v) is 12.7. The Morgan fingerprint density at radius 1 is 1.26 bits per heavy atom. The first-order chi connectivity index (χ1) is 18.3. The van der Waals surface area contributed by atoms with Gasteiger partial charge in [-0.1, -0.05) is 72.8 Å². The highest BCUT2D eigenvalue weighted by atomic mass is 35.5. The van der Waals surface area contributed by atoms with Gasteiger partial charge < -0.3 is 4.90 Å². The number of fused-ring (bicyclic) bond motifs is 1. The maximum Gasteiger partial charge on any atom is 0.271 e. The molecule has 2 aromatic heterocycles. The van der Waals surface area contributed by atoms with Crippen molar-refractivity contribution in [2.75, 3.05) is 18.2 Å². The maximum absolute atomic E-state index is 13.5. The molecule has 0 spiro atoms. The number of rotatable bonds is 7. The zero-order valence-electron chi connectivity index (χ0n) is 22.4. The number of hydrogen-bond donors (Lipinski definition) is 0. The number of hydrogen-bond acceptors (Lipinski definition) is 6. The maximum atomic E-state index is 13.5. The average Bonchev–Trinajstić information content (AvgIpc) is 3.58. The summed E-state index contributed by atoms with van der Waals surface area (Å²) in [5, 5.41) is 5.20. The zero-order chi connectivity index (χ0) is 28.0. The summed E-state index contributed by atoms with van der Waals surface area (Å²) in [5.74, 6) is 0. The number of allylic oxidation sites excluding steroid dienone is 5. The first-order valence-corrected chi connectivity index (χ1v) is 16.6. The summed E-state index contributed by atoms with van der Waals surface area (Å²) in [7, 11) is 2.03. The van der Waals surface area contributed by atoms with Crippen LogP contribution in [0.4, 0.5) is 5.69 Å². The van der Waals surface area contributed by atoms with E-state index in [9.17, 15) is 4.79 Å². The Balaban J connectivity index is 0.00000195. The smallest absolute Gasteiger partial charge is 0.271 e. The SMILES string of the molecule is C=C/C=C(Cl)\C(C[n+]1ccsc1/C=c1\s/c(=C2/Sc3cc(SC)ccc3N2C)c(=O)n1CC)=C(/C)Cl.CC. The van der Waals surface area contributed by atoms with Crippen molar-refractivity contribution in [3.05, 3.63) is 88.7 Å². The van der Waals surface area contributed by atoms with Gasteiger partial charge in [-0.3, -0.25) is 9.36 Å². The van der Waals surface area contributed by atoms with Crippen molar-refractivity contribution in [2.24, 2.45) is 0 Å². The highest BCUT2D eigenvalue weighted by Gasteiger charge is 2.25. The van der Waals surface area contributed by atoms with E-state index in [0.29, 0.717) is 23.2 Å². The number of thioether (sulfide) groups is 2. The van der Waals surface area contributed by atoms with Crippen LogP contribution < -0.4 is 24.2 Å². The Kier molecular flexibility index (Phi) is 11.4. The minimum atomic E-state index is 0.0400. The Morgan fingerprint density at radius 2 is 2.00 bits per heavy atom. The molecule has 202 valence electrons. The number of nitrogens with zero attached hydrogens (tertiary/aromatic N) is 3. The summed E-state index contributed by atoms with van der Waals surface area (Å²) in [4.78, 5) is 18.0. The van der Waals surface area contributed by atoms with Gasteiger partial charge in [0.2, 0.25) is 0 Å². The normalized spacial score (nSPS) is 15.7. The third-order valence-corrected chi connectivity index (χ3v) is 10.3. The Labute approximate surface area is 251 Å². The van der Waals surface area contributed by atoms with Gasteiger partial charge in [0.1, 0.15) is 14.2 Å². The molecule has 4 nitrogen and oxygen atoms in total. The van der Waals surface area contributed by atoms with E-state index in [4.69, 9.17) is 23.2 Å². The van der Waals surface area contributed by atoms with Gasteiger partial charge in [0.15, 0.2) is 12.7 Å². The largest absolute Gasteiger partial charge is 0.337 e. The lowest BCUT2D eigenvalue weighted by Gasteiger charge is -2.12. The van der Waals surface area contributed by atoms with Crippen molar-refractivity contribution < 1.29 is 4.57 Å². The van der Waals surface area contributed by atoms with E-state index in [1.54, 1.807) is 47.0 Å². The van der Waals surface area contributed by atoms with Crippen LogP contribution in [0.15, 0.2) is 78.7 Å². The molecule has 0 aliphatic carbocycles. The van der Waals surface area contributed by atoms with Gasteiger partial charge in [-0.05, 0) is 44.4 Å². The number of halogens is 2. The number of benzene rings is 1. The molecule has 0 saturated heterocycles. The van der Waals surface area contributed by atoms with Gasteiger partial charge in [0, 0.05) is 34.0 Å². The van der Waals surface area contributed by atoms with Crippen LogP contribution in [0, 0.1) is 0 Å². The molecule has 3 heterocycles. The highest BCUT2D eigenvalue weighted by Crippen LogP contribution is 2.46. The molecule has 0 bridgehead atoms. The van der Waals surface area contributed by atoms with E-state index >= 15 is 0 Å². The summed E-state index contributed by atoms with van der Waals surface area (Å²) in [6.07, 6.45) is 9.55. The second kappa shape index (κ2) is 14.1. The monoisotopic (exact) mass is 624 g/mol. The Hall–Kier alpha value is -1.68. The molecule has 1 aliphatic heterocycles. The molecule has 0 saturated carbocycles. The molecular weight excluding hydrogens is 594 g/mol. The van der Waals surface area contributed by atoms with Gasteiger partial charge >= 0.3 is 0 Å². The van der Waals surface area contributed by atoms with Crippen molar-refractivity contribution in [2.45, 2.75) is 50.6 Å². The molecule has 0 amide bonds. The number of anilines is 1. The van der Waals surface area contributed by atoms with Gasteiger partial charge in [0.05, 0.1) is 22.2 Å². The fourth-order valence-electron chi connectivity index (χ4n) is 3.82. The molecule has 10 heteroatoms. The van der Waals surface area contributed by atoms with Crippen LogP contribution >= 0.6 is 69.4 Å². The topological polar surface area (TPSA) is 29.1 Å². The molecule has 0 fully saturated rings. The third kappa shape index (κ3) is 6.54. The molecule has 38 heavy (non-hydrogen) atoms. The van der Waals surface area contributed by atoms with E-state index < -0.39 is 0 Å². The molecule has 1 aromatic carbocycles. The standard InChI is InChI=1S/C26H26Cl2N3OS4.C2H6/c1-6-8-19(28)18(16(3)27)15-30-11-12-34-22(30)14-23-31(7-2)25(32)24(36-23)26-29(4)20-10-9-17(33-5)13-21(20)35-26;1-2/h6,8-14H,1,7,15H2,2-5H3;1-2H3/q+1;/b18-16+,19-8+,26-24+;. The molecule has 0 unspecified atom stereocenters. The predicted octanol–water partition coefficient (Wildman–Crippen LogP) is 6.98.